The Morgan fingerprint density at radius 1 is 1.08 bits per heavy atom. The van der Waals surface area contributed by atoms with Crippen molar-refractivity contribution in [2.45, 2.75) is 24.3 Å². The van der Waals surface area contributed by atoms with Crippen LogP contribution in [0, 0.1) is 0 Å². The Kier molecular flexibility index (Phi) is 5.96. The molecule has 26 heavy (non-hydrogen) atoms. The first-order valence-electron chi connectivity index (χ1n) is 8.36. The summed E-state index contributed by atoms with van der Waals surface area (Å²) in [6, 6.07) is 17.3. The third kappa shape index (κ3) is 4.67. The number of hydrogen-bond donors (Lipinski definition) is 2. The van der Waals surface area contributed by atoms with Crippen molar-refractivity contribution in [1.29, 1.82) is 0 Å². The Balaban J connectivity index is 1.71. The molecule has 0 spiro atoms. The number of thioether (sulfide) groups is 1. The number of aromatic amines is 1. The van der Waals surface area contributed by atoms with E-state index in [1.54, 1.807) is 0 Å². The summed E-state index contributed by atoms with van der Waals surface area (Å²) < 4.78 is 5.41. The van der Waals surface area contributed by atoms with Crippen LogP contribution in [-0.4, -0.2) is 21.7 Å². The molecule has 0 fully saturated rings. The van der Waals surface area contributed by atoms with Crippen molar-refractivity contribution >= 4 is 11.8 Å². The van der Waals surface area contributed by atoms with Gasteiger partial charge in [0.05, 0.1) is 12.2 Å². The van der Waals surface area contributed by atoms with Crippen LogP contribution in [-0.2, 0) is 12.2 Å². The summed E-state index contributed by atoms with van der Waals surface area (Å²) in [5, 5.41) is 10.6. The number of aromatic hydroxyl groups is 1. The molecule has 2 aromatic carbocycles. The van der Waals surface area contributed by atoms with Crippen LogP contribution in [0.3, 0.4) is 0 Å². The lowest BCUT2D eigenvalue weighted by Gasteiger charge is -2.07. The molecular formula is C20H20N2O3S. The van der Waals surface area contributed by atoms with Crippen molar-refractivity contribution in [2.24, 2.45) is 0 Å². The van der Waals surface area contributed by atoms with Crippen LogP contribution < -0.4 is 10.3 Å². The van der Waals surface area contributed by atoms with Crippen LogP contribution in [0.1, 0.15) is 23.6 Å². The monoisotopic (exact) mass is 368 g/mol. The molecule has 0 aliphatic carbocycles. The smallest absolute Gasteiger partial charge is 0.258 e. The second-order valence-electron chi connectivity index (χ2n) is 5.70. The summed E-state index contributed by atoms with van der Waals surface area (Å²) >= 11 is 1.38. The van der Waals surface area contributed by atoms with Gasteiger partial charge >= 0.3 is 0 Å². The normalized spacial score (nSPS) is 10.7. The van der Waals surface area contributed by atoms with Crippen LogP contribution in [0.15, 0.2) is 64.5 Å². The number of aromatic nitrogens is 2. The molecular weight excluding hydrogens is 348 g/mol. The molecule has 0 saturated heterocycles. The fourth-order valence-corrected chi connectivity index (χ4v) is 3.31. The topological polar surface area (TPSA) is 75.2 Å². The highest BCUT2D eigenvalue weighted by Crippen LogP contribution is 2.22. The number of nitrogens with one attached hydrogen (secondary N) is 1. The van der Waals surface area contributed by atoms with Gasteiger partial charge in [-0.1, -0.05) is 54.2 Å². The Morgan fingerprint density at radius 2 is 1.81 bits per heavy atom. The summed E-state index contributed by atoms with van der Waals surface area (Å²) in [6.07, 6.45) is 0.310. The standard InChI is InChI=1S/C20H20N2O3S/c1-2-25-16-10-8-14(9-11-16)12-17-18(23)21-20(22-19(17)24)26-13-15-6-4-3-5-7-15/h3-11H,2,12-13H2,1H3,(H2,21,22,23,24). The molecule has 0 aliphatic heterocycles. The lowest BCUT2D eigenvalue weighted by molar-refractivity contribution is 0.340. The van der Waals surface area contributed by atoms with Gasteiger partial charge in [0.2, 0.25) is 5.88 Å². The minimum atomic E-state index is -0.318. The SMILES string of the molecule is CCOc1ccc(Cc2c(O)nc(SCc3ccccc3)[nH]c2=O)cc1. The number of rotatable bonds is 7. The number of ether oxygens (including phenoxy) is 1. The van der Waals surface area contributed by atoms with Crippen LogP contribution in [0.25, 0.3) is 0 Å². The summed E-state index contributed by atoms with van der Waals surface area (Å²) in [6.45, 7) is 2.53. The van der Waals surface area contributed by atoms with Gasteiger partial charge in [-0.2, -0.15) is 4.98 Å². The minimum absolute atomic E-state index is 0.224. The Morgan fingerprint density at radius 3 is 2.46 bits per heavy atom. The molecule has 1 heterocycles. The predicted molar refractivity (Wildman–Crippen MR) is 103 cm³/mol. The van der Waals surface area contributed by atoms with E-state index in [1.807, 2.05) is 61.5 Å². The number of hydrogen-bond acceptors (Lipinski definition) is 5. The molecule has 1 aromatic heterocycles. The Bertz CT molecular complexity index is 909. The van der Waals surface area contributed by atoms with Crippen molar-refractivity contribution in [2.75, 3.05) is 6.61 Å². The zero-order chi connectivity index (χ0) is 18.4. The van der Waals surface area contributed by atoms with Gasteiger partial charge in [-0.05, 0) is 30.2 Å². The van der Waals surface area contributed by atoms with Crippen molar-refractivity contribution in [3.63, 3.8) is 0 Å². The second-order valence-corrected chi connectivity index (χ2v) is 6.67. The van der Waals surface area contributed by atoms with Crippen LogP contribution >= 0.6 is 11.8 Å². The van der Waals surface area contributed by atoms with Crippen molar-refractivity contribution in [3.8, 4) is 11.6 Å². The third-order valence-electron chi connectivity index (χ3n) is 3.81. The minimum Gasteiger partial charge on any atom is -0.494 e. The fourth-order valence-electron chi connectivity index (χ4n) is 2.49. The van der Waals surface area contributed by atoms with Crippen LogP contribution in [0.5, 0.6) is 11.6 Å². The lowest BCUT2D eigenvalue weighted by Crippen LogP contribution is -2.15. The highest BCUT2D eigenvalue weighted by atomic mass is 32.2. The third-order valence-corrected chi connectivity index (χ3v) is 4.75. The summed E-state index contributed by atoms with van der Waals surface area (Å²) in [4.78, 5) is 19.2. The first-order chi connectivity index (χ1) is 12.7. The average Bonchev–Trinajstić information content (AvgIpc) is 2.65. The quantitative estimate of drug-likeness (QED) is 0.491. The van der Waals surface area contributed by atoms with Gasteiger partial charge in [0, 0.05) is 12.2 Å². The highest BCUT2D eigenvalue weighted by molar-refractivity contribution is 7.98. The Hall–Kier alpha value is -2.73. The van der Waals surface area contributed by atoms with E-state index < -0.39 is 0 Å². The predicted octanol–water partition coefficient (Wildman–Crippen LogP) is 3.76. The van der Waals surface area contributed by atoms with E-state index in [2.05, 4.69) is 9.97 Å². The maximum atomic E-state index is 12.4. The number of H-pyrrole nitrogens is 1. The molecule has 0 aliphatic rings. The molecule has 3 rings (SSSR count). The van der Waals surface area contributed by atoms with Crippen molar-refractivity contribution < 1.29 is 9.84 Å². The summed E-state index contributed by atoms with van der Waals surface area (Å²) in [7, 11) is 0. The van der Waals surface area contributed by atoms with Gasteiger partial charge in [0.25, 0.3) is 5.56 Å². The molecule has 134 valence electrons. The zero-order valence-electron chi connectivity index (χ0n) is 14.4. The molecule has 0 atom stereocenters. The molecule has 0 amide bonds. The largest absolute Gasteiger partial charge is 0.494 e. The lowest BCUT2D eigenvalue weighted by atomic mass is 10.1. The molecule has 2 N–H and O–H groups in total. The maximum absolute atomic E-state index is 12.4. The highest BCUT2D eigenvalue weighted by Gasteiger charge is 2.12. The van der Waals surface area contributed by atoms with E-state index in [4.69, 9.17) is 4.74 Å². The van der Waals surface area contributed by atoms with Gasteiger partial charge in [0.1, 0.15) is 5.75 Å². The molecule has 6 heteroatoms. The average molecular weight is 368 g/mol. The molecule has 5 nitrogen and oxygen atoms in total. The van der Waals surface area contributed by atoms with E-state index in [0.717, 1.165) is 16.9 Å². The molecule has 3 aromatic rings. The van der Waals surface area contributed by atoms with E-state index in [9.17, 15) is 9.90 Å². The summed E-state index contributed by atoms with van der Waals surface area (Å²) in [5.41, 5.74) is 1.97. The first-order valence-corrected chi connectivity index (χ1v) is 9.35. The van der Waals surface area contributed by atoms with Gasteiger partial charge in [-0.15, -0.1) is 0 Å². The molecule has 0 saturated carbocycles. The number of benzene rings is 2. The van der Waals surface area contributed by atoms with Gasteiger partial charge in [-0.25, -0.2) is 0 Å². The van der Waals surface area contributed by atoms with E-state index in [0.29, 0.717) is 23.9 Å². The van der Waals surface area contributed by atoms with Crippen molar-refractivity contribution in [3.05, 3.63) is 81.6 Å². The van der Waals surface area contributed by atoms with Gasteiger partial charge < -0.3 is 14.8 Å². The molecule has 0 unspecified atom stereocenters. The van der Waals surface area contributed by atoms with Crippen molar-refractivity contribution in [1.82, 2.24) is 9.97 Å². The zero-order valence-corrected chi connectivity index (χ0v) is 15.3. The first kappa shape index (κ1) is 18.1. The van der Waals surface area contributed by atoms with Gasteiger partial charge in [0.15, 0.2) is 5.16 Å². The van der Waals surface area contributed by atoms with E-state index in [1.165, 1.54) is 11.8 Å². The van der Waals surface area contributed by atoms with Crippen LogP contribution in [0.4, 0.5) is 0 Å². The van der Waals surface area contributed by atoms with E-state index in [-0.39, 0.29) is 17.0 Å². The van der Waals surface area contributed by atoms with E-state index >= 15 is 0 Å². The second kappa shape index (κ2) is 8.58. The molecule has 0 bridgehead atoms. The summed E-state index contributed by atoms with van der Waals surface area (Å²) in [5.74, 6) is 1.22. The number of nitrogens with zero attached hydrogens (tertiary/aromatic N) is 1. The maximum Gasteiger partial charge on any atom is 0.258 e. The molecule has 0 radical (unpaired) electrons. The Labute approximate surface area is 156 Å². The van der Waals surface area contributed by atoms with Crippen LogP contribution in [0.2, 0.25) is 0 Å². The van der Waals surface area contributed by atoms with Gasteiger partial charge in [-0.3, -0.25) is 4.79 Å². The fraction of sp³-hybridized carbons (Fsp3) is 0.200.